The Labute approximate surface area is 160 Å². The number of hydrogen-bond acceptors (Lipinski definition) is 4. The van der Waals surface area contributed by atoms with Gasteiger partial charge in [0.25, 0.3) is 5.91 Å². The first-order chi connectivity index (χ1) is 13.1. The number of nitriles is 1. The maximum absolute atomic E-state index is 12.9. The minimum absolute atomic E-state index is 0.0512. The van der Waals surface area contributed by atoms with Gasteiger partial charge in [-0.3, -0.25) is 4.79 Å². The Morgan fingerprint density at radius 1 is 1.22 bits per heavy atom. The Balaban J connectivity index is 1.70. The van der Waals surface area contributed by atoms with Crippen LogP contribution in [0.15, 0.2) is 48.5 Å². The third-order valence-electron chi connectivity index (χ3n) is 4.96. The van der Waals surface area contributed by atoms with Gasteiger partial charge in [-0.15, -0.1) is 0 Å². The molecule has 0 aromatic heterocycles. The van der Waals surface area contributed by atoms with Crippen molar-refractivity contribution in [2.45, 2.75) is 32.4 Å². The number of ether oxygens (including phenoxy) is 2. The molecule has 0 heterocycles. The van der Waals surface area contributed by atoms with Crippen LogP contribution in [0.5, 0.6) is 11.5 Å². The van der Waals surface area contributed by atoms with E-state index >= 15 is 0 Å². The molecule has 2 aromatic carbocycles. The zero-order valence-corrected chi connectivity index (χ0v) is 15.7. The molecule has 0 saturated heterocycles. The summed E-state index contributed by atoms with van der Waals surface area (Å²) in [7, 11) is 1.52. The van der Waals surface area contributed by atoms with Gasteiger partial charge in [-0.1, -0.05) is 30.3 Å². The Morgan fingerprint density at radius 2 is 1.96 bits per heavy atom. The minimum Gasteiger partial charge on any atom is -0.493 e. The van der Waals surface area contributed by atoms with E-state index in [1.165, 1.54) is 20.0 Å². The molecule has 1 fully saturated rings. The van der Waals surface area contributed by atoms with Crippen LogP contribution in [0.1, 0.15) is 30.9 Å². The van der Waals surface area contributed by atoms with Gasteiger partial charge in [0.1, 0.15) is 0 Å². The summed E-state index contributed by atoms with van der Waals surface area (Å²) >= 11 is 0. The summed E-state index contributed by atoms with van der Waals surface area (Å²) in [6.45, 7) is 2.62. The van der Waals surface area contributed by atoms with Crippen LogP contribution in [0.25, 0.3) is 0 Å². The molecule has 1 amide bonds. The van der Waals surface area contributed by atoms with E-state index in [9.17, 15) is 4.79 Å². The summed E-state index contributed by atoms with van der Waals surface area (Å²) in [6, 6.07) is 17.2. The molecular weight excluding hydrogens is 340 g/mol. The Kier molecular flexibility index (Phi) is 5.97. The van der Waals surface area contributed by atoms with Gasteiger partial charge >= 0.3 is 0 Å². The Morgan fingerprint density at radius 3 is 2.59 bits per heavy atom. The zero-order chi connectivity index (χ0) is 19.2. The zero-order valence-electron chi connectivity index (χ0n) is 15.7. The van der Waals surface area contributed by atoms with Crippen molar-refractivity contribution in [2.24, 2.45) is 5.92 Å². The lowest BCUT2D eigenvalue weighted by atomic mass is 10.1. The summed E-state index contributed by atoms with van der Waals surface area (Å²) in [6.07, 6.45) is 2.34. The number of rotatable bonds is 8. The van der Waals surface area contributed by atoms with Crippen LogP contribution in [-0.4, -0.2) is 30.6 Å². The van der Waals surface area contributed by atoms with E-state index < -0.39 is 0 Å². The summed E-state index contributed by atoms with van der Waals surface area (Å²) in [5, 5.41) is 8.99. The molecule has 2 aromatic rings. The number of hydrogen-bond donors (Lipinski definition) is 0. The molecule has 1 saturated carbocycles. The van der Waals surface area contributed by atoms with E-state index in [0.29, 0.717) is 29.5 Å². The van der Waals surface area contributed by atoms with Gasteiger partial charge < -0.3 is 14.4 Å². The molecule has 3 rings (SSSR count). The number of nitrogens with zero attached hydrogens (tertiary/aromatic N) is 2. The molecular formula is C22H24N2O3. The van der Waals surface area contributed by atoms with Crippen molar-refractivity contribution >= 4 is 5.91 Å². The predicted molar refractivity (Wildman–Crippen MR) is 102 cm³/mol. The van der Waals surface area contributed by atoms with Crippen LogP contribution in [0.3, 0.4) is 0 Å². The highest BCUT2D eigenvalue weighted by molar-refractivity contribution is 5.78. The predicted octanol–water partition coefficient (Wildman–Crippen LogP) is 3.77. The number of carbonyl (C=O) groups excluding carboxylic acids is 1. The molecule has 0 radical (unpaired) electrons. The van der Waals surface area contributed by atoms with Gasteiger partial charge in [0, 0.05) is 18.7 Å². The first-order valence-corrected chi connectivity index (χ1v) is 9.16. The van der Waals surface area contributed by atoms with Gasteiger partial charge in [0.15, 0.2) is 18.1 Å². The first kappa shape index (κ1) is 18.8. The van der Waals surface area contributed by atoms with Crippen molar-refractivity contribution in [1.82, 2.24) is 4.90 Å². The van der Waals surface area contributed by atoms with Gasteiger partial charge in [-0.05, 0) is 43.4 Å². The van der Waals surface area contributed by atoms with Gasteiger partial charge in [-0.25, -0.2) is 0 Å². The second-order valence-corrected chi connectivity index (χ2v) is 6.85. The minimum atomic E-state index is -0.0633. The van der Waals surface area contributed by atoms with Crippen LogP contribution in [0.4, 0.5) is 0 Å². The fraction of sp³-hybridized carbons (Fsp3) is 0.364. The number of carbonyl (C=O) groups is 1. The van der Waals surface area contributed by atoms with Crippen molar-refractivity contribution in [3.05, 3.63) is 59.7 Å². The fourth-order valence-electron chi connectivity index (χ4n) is 3.15. The van der Waals surface area contributed by atoms with Crippen LogP contribution in [0, 0.1) is 17.2 Å². The average Bonchev–Trinajstić information content (AvgIpc) is 3.55. The summed E-state index contributed by atoms with van der Waals surface area (Å²) in [4.78, 5) is 14.8. The standard InChI is InChI=1S/C22H24N2O3/c1-16(19-9-10-19)24(14-17-6-4-3-5-7-17)22(25)15-27-20-11-8-18(13-23)12-21(20)26-2/h3-8,11-12,16,19H,9-10,14-15H2,1-2H3. The van der Waals surface area contributed by atoms with E-state index in [2.05, 4.69) is 13.0 Å². The van der Waals surface area contributed by atoms with E-state index in [-0.39, 0.29) is 18.6 Å². The van der Waals surface area contributed by atoms with Crippen molar-refractivity contribution in [2.75, 3.05) is 13.7 Å². The molecule has 1 aliphatic rings. The number of amides is 1. The normalized spacial score (nSPS) is 14.1. The maximum atomic E-state index is 12.9. The van der Waals surface area contributed by atoms with E-state index in [1.54, 1.807) is 18.2 Å². The van der Waals surface area contributed by atoms with E-state index in [0.717, 1.165) is 5.56 Å². The number of benzene rings is 2. The molecule has 1 atom stereocenters. The Hall–Kier alpha value is -3.00. The second kappa shape index (κ2) is 8.59. The third-order valence-corrected chi connectivity index (χ3v) is 4.96. The molecule has 0 bridgehead atoms. The lowest BCUT2D eigenvalue weighted by molar-refractivity contribution is -0.136. The SMILES string of the molecule is COc1cc(C#N)ccc1OCC(=O)N(Cc1ccccc1)C(C)C1CC1. The average molecular weight is 364 g/mol. The molecule has 140 valence electrons. The van der Waals surface area contributed by atoms with E-state index in [1.807, 2.05) is 35.2 Å². The molecule has 5 nitrogen and oxygen atoms in total. The van der Waals surface area contributed by atoms with Gasteiger partial charge in [-0.2, -0.15) is 5.26 Å². The maximum Gasteiger partial charge on any atom is 0.261 e. The highest BCUT2D eigenvalue weighted by atomic mass is 16.5. The van der Waals surface area contributed by atoms with Crippen LogP contribution in [-0.2, 0) is 11.3 Å². The molecule has 1 unspecified atom stereocenters. The highest BCUT2D eigenvalue weighted by Crippen LogP contribution is 2.36. The van der Waals surface area contributed by atoms with Crippen LogP contribution < -0.4 is 9.47 Å². The molecule has 0 spiro atoms. The quantitative estimate of drug-likeness (QED) is 0.715. The van der Waals surface area contributed by atoms with Crippen LogP contribution >= 0.6 is 0 Å². The molecule has 0 N–H and O–H groups in total. The lowest BCUT2D eigenvalue weighted by Gasteiger charge is -2.29. The smallest absolute Gasteiger partial charge is 0.261 e. The van der Waals surface area contributed by atoms with Crippen molar-refractivity contribution in [1.29, 1.82) is 5.26 Å². The molecule has 5 heteroatoms. The van der Waals surface area contributed by atoms with Crippen molar-refractivity contribution < 1.29 is 14.3 Å². The summed E-state index contributed by atoms with van der Waals surface area (Å²) in [5.74, 6) is 1.43. The third kappa shape index (κ3) is 4.79. The molecule has 1 aliphatic carbocycles. The van der Waals surface area contributed by atoms with Crippen molar-refractivity contribution in [3.8, 4) is 17.6 Å². The van der Waals surface area contributed by atoms with Gasteiger partial charge in [0.05, 0.1) is 18.7 Å². The summed E-state index contributed by atoms with van der Waals surface area (Å²) in [5.41, 5.74) is 1.59. The van der Waals surface area contributed by atoms with Gasteiger partial charge in [0.2, 0.25) is 0 Å². The largest absolute Gasteiger partial charge is 0.493 e. The second-order valence-electron chi connectivity index (χ2n) is 6.85. The number of methoxy groups -OCH3 is 1. The Bertz CT molecular complexity index is 825. The summed E-state index contributed by atoms with van der Waals surface area (Å²) < 4.78 is 11.0. The van der Waals surface area contributed by atoms with Crippen LogP contribution in [0.2, 0.25) is 0 Å². The van der Waals surface area contributed by atoms with Crippen molar-refractivity contribution in [3.63, 3.8) is 0 Å². The topological polar surface area (TPSA) is 62.6 Å². The highest BCUT2D eigenvalue weighted by Gasteiger charge is 2.34. The molecule has 0 aliphatic heterocycles. The lowest BCUT2D eigenvalue weighted by Crippen LogP contribution is -2.42. The fourth-order valence-corrected chi connectivity index (χ4v) is 3.15. The monoisotopic (exact) mass is 364 g/mol. The first-order valence-electron chi connectivity index (χ1n) is 9.16. The van der Waals surface area contributed by atoms with E-state index in [4.69, 9.17) is 14.7 Å². The molecule has 27 heavy (non-hydrogen) atoms.